The second-order valence-electron chi connectivity index (χ2n) is 7.20. The van der Waals surface area contributed by atoms with Gasteiger partial charge in [-0.15, -0.1) is 11.3 Å². The van der Waals surface area contributed by atoms with Crippen LogP contribution < -0.4 is 5.32 Å². The summed E-state index contributed by atoms with van der Waals surface area (Å²) in [5, 5.41) is 27.2. The van der Waals surface area contributed by atoms with Crippen molar-refractivity contribution in [1.29, 1.82) is 5.26 Å². The molecule has 0 aliphatic rings. The Morgan fingerprint density at radius 2 is 2.07 bits per heavy atom. The summed E-state index contributed by atoms with van der Waals surface area (Å²) in [6.07, 6.45) is 0.744. The van der Waals surface area contributed by atoms with Gasteiger partial charge in [-0.05, 0) is 12.1 Å². The van der Waals surface area contributed by atoms with Gasteiger partial charge in [0.25, 0.3) is 5.69 Å². The SMILES string of the molecule is CC(C)(C)c1nc(CCNc2cc(C#N)c3cc([N+](=O)[O-])ccc3n2)cs1. The number of nitro benzene ring substituents is 1. The van der Waals surface area contributed by atoms with Crippen LogP contribution in [0.4, 0.5) is 11.5 Å². The van der Waals surface area contributed by atoms with Crippen molar-refractivity contribution in [1.82, 2.24) is 9.97 Å². The number of anilines is 1. The molecule has 0 unspecified atom stereocenters. The van der Waals surface area contributed by atoms with Gasteiger partial charge >= 0.3 is 0 Å². The Morgan fingerprint density at radius 3 is 2.70 bits per heavy atom. The van der Waals surface area contributed by atoms with Gasteiger partial charge in [0, 0.05) is 41.3 Å². The minimum absolute atomic E-state index is 0.0422. The van der Waals surface area contributed by atoms with Crippen LogP contribution in [0.5, 0.6) is 0 Å². The monoisotopic (exact) mass is 381 g/mol. The van der Waals surface area contributed by atoms with E-state index in [4.69, 9.17) is 0 Å². The van der Waals surface area contributed by atoms with Crippen LogP contribution in [-0.4, -0.2) is 21.4 Å². The predicted molar refractivity (Wildman–Crippen MR) is 106 cm³/mol. The second-order valence-corrected chi connectivity index (χ2v) is 8.05. The maximum Gasteiger partial charge on any atom is 0.270 e. The number of rotatable bonds is 5. The van der Waals surface area contributed by atoms with Gasteiger partial charge in [-0.3, -0.25) is 10.1 Å². The number of nitrogens with one attached hydrogen (secondary N) is 1. The molecule has 27 heavy (non-hydrogen) atoms. The van der Waals surface area contributed by atoms with Crippen molar-refractivity contribution < 1.29 is 4.92 Å². The fraction of sp³-hybridized carbons (Fsp3) is 0.316. The van der Waals surface area contributed by atoms with Gasteiger partial charge in [0.2, 0.25) is 0 Å². The number of hydrogen-bond donors (Lipinski definition) is 1. The fourth-order valence-electron chi connectivity index (χ4n) is 2.60. The van der Waals surface area contributed by atoms with E-state index in [0.29, 0.717) is 28.8 Å². The molecule has 7 nitrogen and oxygen atoms in total. The van der Waals surface area contributed by atoms with E-state index in [1.165, 1.54) is 12.1 Å². The zero-order chi connectivity index (χ0) is 19.6. The normalized spacial score (nSPS) is 11.3. The highest BCUT2D eigenvalue weighted by Crippen LogP contribution is 2.26. The van der Waals surface area contributed by atoms with Gasteiger partial charge in [-0.2, -0.15) is 5.26 Å². The van der Waals surface area contributed by atoms with Gasteiger partial charge in [0.15, 0.2) is 0 Å². The van der Waals surface area contributed by atoms with Crippen molar-refractivity contribution in [3.05, 3.63) is 56.0 Å². The molecule has 0 fully saturated rings. The van der Waals surface area contributed by atoms with E-state index in [1.807, 2.05) is 0 Å². The van der Waals surface area contributed by atoms with Gasteiger partial charge < -0.3 is 5.32 Å². The fourth-order valence-corrected chi connectivity index (χ4v) is 3.54. The molecule has 138 valence electrons. The van der Waals surface area contributed by atoms with E-state index < -0.39 is 4.92 Å². The highest BCUT2D eigenvalue weighted by molar-refractivity contribution is 7.09. The van der Waals surface area contributed by atoms with Gasteiger partial charge in [-0.1, -0.05) is 20.8 Å². The lowest BCUT2D eigenvalue weighted by molar-refractivity contribution is -0.384. The van der Waals surface area contributed by atoms with Crippen molar-refractivity contribution in [3.8, 4) is 6.07 Å². The third-order valence-corrected chi connectivity index (χ3v) is 5.32. The second kappa shape index (κ2) is 7.29. The van der Waals surface area contributed by atoms with Crippen LogP contribution in [-0.2, 0) is 11.8 Å². The van der Waals surface area contributed by atoms with E-state index in [-0.39, 0.29) is 11.1 Å². The quantitative estimate of drug-likeness (QED) is 0.518. The van der Waals surface area contributed by atoms with Crippen LogP contribution in [0.25, 0.3) is 10.9 Å². The Balaban J connectivity index is 1.75. The maximum atomic E-state index is 10.9. The van der Waals surface area contributed by atoms with Crippen molar-refractivity contribution in [2.24, 2.45) is 0 Å². The van der Waals surface area contributed by atoms with Crippen molar-refractivity contribution >= 4 is 33.7 Å². The van der Waals surface area contributed by atoms with E-state index in [0.717, 1.165) is 17.1 Å². The number of nitriles is 1. The number of non-ortho nitro benzene ring substituents is 1. The van der Waals surface area contributed by atoms with Crippen LogP contribution in [0.1, 0.15) is 37.0 Å². The number of thiazole rings is 1. The van der Waals surface area contributed by atoms with Crippen molar-refractivity contribution in [3.63, 3.8) is 0 Å². The van der Waals surface area contributed by atoms with Crippen molar-refractivity contribution in [2.45, 2.75) is 32.6 Å². The largest absolute Gasteiger partial charge is 0.370 e. The molecule has 0 amide bonds. The molecule has 0 saturated carbocycles. The van der Waals surface area contributed by atoms with E-state index in [9.17, 15) is 15.4 Å². The summed E-state index contributed by atoms with van der Waals surface area (Å²) in [4.78, 5) is 19.6. The molecule has 0 radical (unpaired) electrons. The third-order valence-electron chi connectivity index (χ3n) is 4.00. The minimum atomic E-state index is -0.480. The Bertz CT molecular complexity index is 1050. The number of nitro groups is 1. The van der Waals surface area contributed by atoms with Gasteiger partial charge in [0.1, 0.15) is 5.82 Å². The molecule has 0 atom stereocenters. The molecular weight excluding hydrogens is 362 g/mol. The number of benzene rings is 1. The van der Waals surface area contributed by atoms with Crippen LogP contribution >= 0.6 is 11.3 Å². The number of hydrogen-bond acceptors (Lipinski definition) is 7. The summed E-state index contributed by atoms with van der Waals surface area (Å²) in [5.41, 5.74) is 1.91. The molecule has 0 bridgehead atoms. The zero-order valence-corrected chi connectivity index (χ0v) is 16.1. The third kappa shape index (κ3) is 4.20. The molecule has 3 rings (SSSR count). The van der Waals surface area contributed by atoms with E-state index in [1.54, 1.807) is 23.5 Å². The molecule has 0 saturated heterocycles. The molecule has 8 heteroatoms. The first-order chi connectivity index (χ1) is 12.8. The highest BCUT2D eigenvalue weighted by atomic mass is 32.1. The highest BCUT2D eigenvalue weighted by Gasteiger charge is 2.18. The van der Waals surface area contributed by atoms with Crippen LogP contribution in [0.15, 0.2) is 29.6 Å². The Morgan fingerprint density at radius 1 is 1.30 bits per heavy atom. The summed E-state index contributed by atoms with van der Waals surface area (Å²) in [5.74, 6) is 0.569. The smallest absolute Gasteiger partial charge is 0.270 e. The molecule has 1 aromatic carbocycles. The Kier molecular flexibility index (Phi) is 5.06. The number of aromatic nitrogens is 2. The maximum absolute atomic E-state index is 10.9. The lowest BCUT2D eigenvalue weighted by Gasteiger charge is -2.13. The number of nitrogens with zero attached hydrogens (tertiary/aromatic N) is 4. The van der Waals surface area contributed by atoms with Crippen LogP contribution in [0, 0.1) is 21.4 Å². The summed E-state index contributed by atoms with van der Waals surface area (Å²) >= 11 is 1.66. The standard InChI is InChI=1S/C19H19N5O2S/c1-19(2,3)18-22-13(11-27-18)6-7-21-17-8-12(10-20)15-9-14(24(25)26)4-5-16(15)23-17/h4-5,8-9,11H,6-7H2,1-3H3,(H,21,23). The van der Waals surface area contributed by atoms with E-state index >= 15 is 0 Å². The molecule has 2 heterocycles. The Hall–Kier alpha value is -3.05. The molecule has 1 N–H and O–H groups in total. The lowest BCUT2D eigenvalue weighted by Crippen LogP contribution is -2.11. The Labute approximate surface area is 160 Å². The lowest BCUT2D eigenvalue weighted by atomic mass is 9.98. The number of fused-ring (bicyclic) bond motifs is 1. The first-order valence-corrected chi connectivity index (χ1v) is 9.34. The van der Waals surface area contributed by atoms with Gasteiger partial charge in [0.05, 0.1) is 32.8 Å². The topological polar surface area (TPSA) is 105 Å². The average Bonchev–Trinajstić information content (AvgIpc) is 3.10. The van der Waals surface area contributed by atoms with Crippen molar-refractivity contribution in [2.75, 3.05) is 11.9 Å². The first kappa shape index (κ1) is 18.7. The summed E-state index contributed by atoms with van der Waals surface area (Å²) in [6, 6.07) is 8.05. The molecular formula is C19H19N5O2S. The summed E-state index contributed by atoms with van der Waals surface area (Å²) in [7, 11) is 0. The minimum Gasteiger partial charge on any atom is -0.370 e. The van der Waals surface area contributed by atoms with E-state index in [2.05, 4.69) is 47.5 Å². The molecule has 0 aliphatic carbocycles. The summed E-state index contributed by atoms with van der Waals surface area (Å²) < 4.78 is 0. The molecule has 3 aromatic rings. The van der Waals surface area contributed by atoms with Crippen LogP contribution in [0.3, 0.4) is 0 Å². The first-order valence-electron chi connectivity index (χ1n) is 8.46. The zero-order valence-electron chi connectivity index (χ0n) is 15.3. The van der Waals surface area contributed by atoms with Crippen LogP contribution in [0.2, 0.25) is 0 Å². The predicted octanol–water partition coefficient (Wildman–Crippen LogP) is 4.42. The average molecular weight is 381 g/mol. The summed E-state index contributed by atoms with van der Waals surface area (Å²) in [6.45, 7) is 7.05. The molecule has 2 aromatic heterocycles. The number of pyridine rings is 1. The molecule has 0 spiro atoms. The van der Waals surface area contributed by atoms with Gasteiger partial charge in [-0.25, -0.2) is 9.97 Å². The molecule has 0 aliphatic heterocycles.